The molecule has 0 fully saturated rings. The van der Waals surface area contributed by atoms with E-state index in [9.17, 15) is 14.7 Å². The largest absolute Gasteiger partial charge is 0.396 e. The second kappa shape index (κ2) is 11.1. The molecule has 0 aromatic carbocycles. The van der Waals surface area contributed by atoms with Gasteiger partial charge in [0.25, 0.3) is 0 Å². The van der Waals surface area contributed by atoms with Crippen LogP contribution in [0.3, 0.4) is 0 Å². The van der Waals surface area contributed by atoms with Crippen LogP contribution in [0.4, 0.5) is 0 Å². The van der Waals surface area contributed by atoms with Gasteiger partial charge in [0.2, 0.25) is 0 Å². The number of ether oxygens (including phenoxy) is 1. The van der Waals surface area contributed by atoms with Crippen molar-refractivity contribution in [2.75, 3.05) is 13.2 Å². The molecule has 0 bridgehead atoms. The lowest BCUT2D eigenvalue weighted by Gasteiger charge is -2.07. The summed E-state index contributed by atoms with van der Waals surface area (Å²) in [6, 6.07) is 0. The quantitative estimate of drug-likeness (QED) is 0.328. The Kier molecular flexibility index (Phi) is 10.4. The zero-order valence-corrected chi connectivity index (χ0v) is 10.8. The third-order valence-electron chi connectivity index (χ3n) is 2.24. The summed E-state index contributed by atoms with van der Waals surface area (Å²) in [5.41, 5.74) is 0. The summed E-state index contributed by atoms with van der Waals surface area (Å²) in [5.74, 6) is 0.0703. The third kappa shape index (κ3) is 11.4. The van der Waals surface area contributed by atoms with Gasteiger partial charge in [0, 0.05) is 25.9 Å². The summed E-state index contributed by atoms with van der Waals surface area (Å²) < 4.78 is 4.99. The molecule has 0 aromatic heterocycles. The van der Waals surface area contributed by atoms with Crippen LogP contribution in [0.2, 0.25) is 0 Å². The highest BCUT2D eigenvalue weighted by atomic mass is 16.6. The molecular formula is C13H22O5. The number of carbonyl (C=O) groups is 2. The lowest BCUT2D eigenvalue weighted by Crippen LogP contribution is -2.12. The van der Waals surface area contributed by atoms with Gasteiger partial charge in [-0.15, -0.1) is 0 Å². The van der Waals surface area contributed by atoms with Gasteiger partial charge in [-0.2, -0.15) is 0 Å². The summed E-state index contributed by atoms with van der Waals surface area (Å²) in [5, 5.41) is 17.9. The zero-order valence-electron chi connectivity index (χ0n) is 10.8. The lowest BCUT2D eigenvalue weighted by atomic mass is 10.1. The SMILES string of the molecule is CC(=O)C/C=C/C(O)OCCC(=O)CCCCO. The summed E-state index contributed by atoms with van der Waals surface area (Å²) in [6.07, 6.45) is 4.10. The van der Waals surface area contributed by atoms with Gasteiger partial charge < -0.3 is 14.9 Å². The molecule has 0 radical (unpaired) electrons. The van der Waals surface area contributed by atoms with E-state index in [0.29, 0.717) is 19.3 Å². The zero-order chi connectivity index (χ0) is 13.8. The number of aliphatic hydroxyl groups is 2. The summed E-state index contributed by atoms with van der Waals surface area (Å²) in [7, 11) is 0. The van der Waals surface area contributed by atoms with E-state index in [1.54, 1.807) is 0 Å². The molecule has 18 heavy (non-hydrogen) atoms. The molecule has 0 heterocycles. The molecule has 0 aromatic rings. The monoisotopic (exact) mass is 258 g/mol. The number of rotatable bonds is 11. The van der Waals surface area contributed by atoms with E-state index < -0.39 is 6.29 Å². The molecule has 104 valence electrons. The van der Waals surface area contributed by atoms with Gasteiger partial charge in [-0.05, 0) is 25.8 Å². The van der Waals surface area contributed by atoms with Crippen LogP contribution in [0.1, 0.15) is 39.0 Å². The van der Waals surface area contributed by atoms with Gasteiger partial charge in [0.1, 0.15) is 11.6 Å². The fourth-order valence-electron chi connectivity index (χ4n) is 1.26. The molecule has 0 saturated carbocycles. The van der Waals surface area contributed by atoms with E-state index in [-0.39, 0.29) is 37.6 Å². The van der Waals surface area contributed by atoms with Gasteiger partial charge in [-0.3, -0.25) is 9.59 Å². The number of ketones is 2. The average molecular weight is 258 g/mol. The van der Waals surface area contributed by atoms with Gasteiger partial charge in [0.15, 0.2) is 6.29 Å². The van der Waals surface area contributed by atoms with Crippen molar-refractivity contribution in [1.82, 2.24) is 0 Å². The minimum Gasteiger partial charge on any atom is -0.396 e. The van der Waals surface area contributed by atoms with Crippen LogP contribution in [0.5, 0.6) is 0 Å². The van der Waals surface area contributed by atoms with Gasteiger partial charge in [0.05, 0.1) is 6.61 Å². The Labute approximate surface area is 107 Å². The second-order valence-corrected chi connectivity index (χ2v) is 4.07. The van der Waals surface area contributed by atoms with Crippen molar-refractivity contribution in [3.05, 3.63) is 12.2 Å². The van der Waals surface area contributed by atoms with Crippen LogP contribution < -0.4 is 0 Å². The normalized spacial score (nSPS) is 12.8. The van der Waals surface area contributed by atoms with Crippen molar-refractivity contribution in [2.24, 2.45) is 0 Å². The first kappa shape index (κ1) is 17.0. The average Bonchev–Trinajstić information content (AvgIpc) is 2.29. The van der Waals surface area contributed by atoms with E-state index >= 15 is 0 Å². The van der Waals surface area contributed by atoms with Crippen LogP contribution in [0.25, 0.3) is 0 Å². The Morgan fingerprint density at radius 2 is 2.00 bits per heavy atom. The van der Waals surface area contributed by atoms with Crippen molar-refractivity contribution in [2.45, 2.75) is 45.3 Å². The van der Waals surface area contributed by atoms with Crippen molar-refractivity contribution in [3.8, 4) is 0 Å². The van der Waals surface area contributed by atoms with Crippen LogP contribution >= 0.6 is 0 Å². The van der Waals surface area contributed by atoms with Crippen molar-refractivity contribution >= 4 is 11.6 Å². The molecule has 5 nitrogen and oxygen atoms in total. The molecule has 0 saturated heterocycles. The predicted molar refractivity (Wildman–Crippen MR) is 67.0 cm³/mol. The topological polar surface area (TPSA) is 83.8 Å². The fourth-order valence-corrected chi connectivity index (χ4v) is 1.26. The molecule has 0 aliphatic carbocycles. The maximum absolute atomic E-state index is 11.3. The number of unbranched alkanes of at least 4 members (excludes halogenated alkanes) is 1. The standard InChI is InChI=1S/C13H22O5/c1-11(15)5-4-7-13(17)18-10-8-12(16)6-2-3-9-14/h4,7,13-14,17H,2-3,5-6,8-10H2,1H3/b7-4+. The predicted octanol–water partition coefficient (Wildman–Crippen LogP) is 0.978. The Bertz CT molecular complexity index is 273. The Balaban J connectivity index is 3.55. The van der Waals surface area contributed by atoms with Crippen LogP contribution in [-0.4, -0.2) is 41.3 Å². The first-order valence-electron chi connectivity index (χ1n) is 6.14. The second-order valence-electron chi connectivity index (χ2n) is 4.07. The highest BCUT2D eigenvalue weighted by molar-refractivity contribution is 5.78. The van der Waals surface area contributed by atoms with E-state index in [2.05, 4.69) is 0 Å². The van der Waals surface area contributed by atoms with Crippen molar-refractivity contribution < 1.29 is 24.5 Å². The van der Waals surface area contributed by atoms with Gasteiger partial charge in [-0.1, -0.05) is 6.08 Å². The van der Waals surface area contributed by atoms with Crippen molar-refractivity contribution in [1.29, 1.82) is 0 Å². The molecule has 2 N–H and O–H groups in total. The maximum atomic E-state index is 11.3. The van der Waals surface area contributed by atoms with E-state index in [1.165, 1.54) is 19.1 Å². The minimum absolute atomic E-state index is 0.0116. The number of aliphatic hydroxyl groups excluding tert-OH is 2. The highest BCUT2D eigenvalue weighted by Gasteiger charge is 2.04. The van der Waals surface area contributed by atoms with Crippen molar-refractivity contribution in [3.63, 3.8) is 0 Å². The van der Waals surface area contributed by atoms with Gasteiger partial charge in [-0.25, -0.2) is 0 Å². The maximum Gasteiger partial charge on any atom is 0.174 e. The summed E-state index contributed by atoms with van der Waals surface area (Å²) in [4.78, 5) is 21.9. The molecule has 0 aliphatic heterocycles. The first-order chi connectivity index (χ1) is 8.56. The molecule has 1 unspecified atom stereocenters. The highest BCUT2D eigenvalue weighted by Crippen LogP contribution is 2.00. The molecule has 0 amide bonds. The van der Waals surface area contributed by atoms with Crippen LogP contribution in [0, 0.1) is 0 Å². The molecule has 0 rings (SSSR count). The third-order valence-corrected chi connectivity index (χ3v) is 2.24. The molecule has 1 atom stereocenters. The smallest absolute Gasteiger partial charge is 0.174 e. The number of allylic oxidation sites excluding steroid dienone is 1. The summed E-state index contributed by atoms with van der Waals surface area (Å²) >= 11 is 0. The van der Waals surface area contributed by atoms with E-state index in [0.717, 1.165) is 0 Å². The number of carbonyl (C=O) groups excluding carboxylic acids is 2. The Morgan fingerprint density at radius 3 is 2.61 bits per heavy atom. The minimum atomic E-state index is -1.07. The number of hydrogen-bond donors (Lipinski definition) is 2. The van der Waals surface area contributed by atoms with E-state index in [1.807, 2.05) is 0 Å². The Morgan fingerprint density at radius 1 is 1.28 bits per heavy atom. The molecule has 0 aliphatic rings. The molecule has 5 heteroatoms. The van der Waals surface area contributed by atoms with Gasteiger partial charge >= 0.3 is 0 Å². The number of hydrogen-bond acceptors (Lipinski definition) is 5. The molecular weight excluding hydrogens is 236 g/mol. The molecule has 0 spiro atoms. The fraction of sp³-hybridized carbons (Fsp3) is 0.692. The Hall–Kier alpha value is -1.04. The van der Waals surface area contributed by atoms with E-state index in [4.69, 9.17) is 9.84 Å². The lowest BCUT2D eigenvalue weighted by molar-refractivity contribution is -0.122. The first-order valence-corrected chi connectivity index (χ1v) is 6.14. The van der Waals surface area contributed by atoms with Crippen LogP contribution in [-0.2, 0) is 14.3 Å². The number of Topliss-reactive ketones (excluding diaryl/α,β-unsaturated/α-hetero) is 2. The van der Waals surface area contributed by atoms with Crippen LogP contribution in [0.15, 0.2) is 12.2 Å². The summed E-state index contributed by atoms with van der Waals surface area (Å²) in [6.45, 7) is 1.72.